The number of rotatable bonds is 3. The van der Waals surface area contributed by atoms with Crippen LogP contribution in [0.5, 0.6) is 0 Å². The van der Waals surface area contributed by atoms with Gasteiger partial charge in [0.05, 0.1) is 21.6 Å². The third-order valence-electron chi connectivity index (χ3n) is 5.04. The van der Waals surface area contributed by atoms with Crippen molar-refractivity contribution in [3.8, 4) is 0 Å². The van der Waals surface area contributed by atoms with E-state index in [-0.39, 0.29) is 40.2 Å². The Labute approximate surface area is 147 Å². The van der Waals surface area contributed by atoms with Crippen molar-refractivity contribution in [2.75, 3.05) is 30.4 Å². The van der Waals surface area contributed by atoms with Crippen LogP contribution in [-0.4, -0.2) is 34.0 Å². The molecule has 1 atom stereocenters. The summed E-state index contributed by atoms with van der Waals surface area (Å²) in [4.78, 5) is 26.5. The van der Waals surface area contributed by atoms with Gasteiger partial charge in [-0.2, -0.15) is 4.68 Å². The lowest BCUT2D eigenvalue weighted by atomic mass is 10.1. The number of nitrogens with zero attached hydrogens (tertiary/aromatic N) is 3. The summed E-state index contributed by atoms with van der Waals surface area (Å²) in [6.45, 7) is 1.04. The molecule has 0 bridgehead atoms. The zero-order valence-corrected chi connectivity index (χ0v) is 14.2. The second kappa shape index (κ2) is 5.74. The third kappa shape index (κ3) is 2.43. The number of aliphatic hydroxyl groups excluding tert-OH is 1. The molecule has 0 spiro atoms. The Hall–Kier alpha value is -2.06. The van der Waals surface area contributed by atoms with Crippen molar-refractivity contribution in [1.29, 1.82) is 0 Å². The van der Waals surface area contributed by atoms with Crippen molar-refractivity contribution in [3.63, 3.8) is 0 Å². The summed E-state index contributed by atoms with van der Waals surface area (Å²) < 4.78 is 16.7. The Morgan fingerprint density at radius 1 is 1.32 bits per heavy atom. The molecule has 4 rings (SSSR count). The van der Waals surface area contributed by atoms with Gasteiger partial charge in [0.25, 0.3) is 5.56 Å². The van der Waals surface area contributed by atoms with Crippen LogP contribution in [0.3, 0.4) is 0 Å². The number of aromatic nitrogens is 2. The number of nitrogens with two attached hydrogens (primary N) is 1. The van der Waals surface area contributed by atoms with E-state index in [1.807, 2.05) is 0 Å². The highest BCUT2D eigenvalue weighted by Crippen LogP contribution is 2.41. The molecule has 1 aromatic carbocycles. The summed E-state index contributed by atoms with van der Waals surface area (Å²) in [6.07, 6.45) is 2.29. The number of halogens is 2. The Balaban J connectivity index is 2.01. The average molecular weight is 369 g/mol. The highest BCUT2D eigenvalue weighted by molar-refractivity contribution is 6.38. The van der Waals surface area contributed by atoms with Gasteiger partial charge < -0.3 is 15.8 Å². The van der Waals surface area contributed by atoms with Gasteiger partial charge in [-0.25, -0.2) is 9.18 Å². The number of benzene rings is 1. The van der Waals surface area contributed by atoms with E-state index in [2.05, 4.69) is 0 Å². The molecule has 2 fully saturated rings. The molecule has 9 heteroatoms. The van der Waals surface area contributed by atoms with Crippen molar-refractivity contribution in [3.05, 3.63) is 37.7 Å². The van der Waals surface area contributed by atoms with Crippen LogP contribution in [0.4, 0.5) is 10.1 Å². The van der Waals surface area contributed by atoms with E-state index >= 15 is 0 Å². The average Bonchev–Trinajstić information content (AvgIpc) is 3.31. The minimum atomic E-state index is -0.765. The molecule has 0 radical (unpaired) electrons. The fraction of sp³-hybridized carbons (Fsp3) is 0.500. The molecule has 134 valence electrons. The van der Waals surface area contributed by atoms with Gasteiger partial charge in [-0.1, -0.05) is 11.6 Å². The Kier molecular flexibility index (Phi) is 3.77. The first-order valence-electron chi connectivity index (χ1n) is 8.24. The van der Waals surface area contributed by atoms with Gasteiger partial charge >= 0.3 is 5.69 Å². The summed E-state index contributed by atoms with van der Waals surface area (Å²) in [7, 11) is 0. The SMILES string of the molecule is Nn1c(=O)c2cc(F)c(N3CCC(CO)C3)c(Cl)c2n(C2CC2)c1=O. The van der Waals surface area contributed by atoms with E-state index < -0.39 is 17.1 Å². The van der Waals surface area contributed by atoms with Crippen LogP contribution in [-0.2, 0) is 0 Å². The largest absolute Gasteiger partial charge is 0.396 e. The van der Waals surface area contributed by atoms with E-state index in [1.165, 1.54) is 4.57 Å². The van der Waals surface area contributed by atoms with E-state index in [4.69, 9.17) is 17.4 Å². The van der Waals surface area contributed by atoms with Crippen LogP contribution < -0.4 is 22.0 Å². The number of hydrogen-bond donors (Lipinski definition) is 2. The molecule has 2 aromatic rings. The van der Waals surface area contributed by atoms with Crippen LogP contribution in [0.1, 0.15) is 25.3 Å². The number of anilines is 1. The lowest BCUT2D eigenvalue weighted by Crippen LogP contribution is -2.44. The smallest absolute Gasteiger partial charge is 0.350 e. The Morgan fingerprint density at radius 2 is 2.04 bits per heavy atom. The molecule has 1 saturated carbocycles. The first-order chi connectivity index (χ1) is 11.9. The minimum absolute atomic E-state index is 0.00171. The van der Waals surface area contributed by atoms with Crippen LogP contribution >= 0.6 is 11.6 Å². The van der Waals surface area contributed by atoms with Gasteiger partial charge in [0, 0.05) is 31.7 Å². The lowest BCUT2D eigenvalue weighted by Gasteiger charge is -2.23. The Morgan fingerprint density at radius 3 is 2.64 bits per heavy atom. The van der Waals surface area contributed by atoms with Gasteiger partial charge in [-0.15, -0.1) is 0 Å². The van der Waals surface area contributed by atoms with Crippen molar-refractivity contribution in [2.45, 2.75) is 25.3 Å². The molecule has 1 saturated heterocycles. The maximum absolute atomic E-state index is 14.8. The van der Waals surface area contributed by atoms with Gasteiger partial charge in [-0.05, 0) is 25.3 Å². The number of nitrogen functional groups attached to an aromatic ring is 1. The first-order valence-corrected chi connectivity index (χ1v) is 8.62. The van der Waals surface area contributed by atoms with Crippen molar-refractivity contribution in [1.82, 2.24) is 9.24 Å². The van der Waals surface area contributed by atoms with Gasteiger partial charge in [0.15, 0.2) is 0 Å². The molecule has 0 amide bonds. The maximum atomic E-state index is 14.8. The molecular weight excluding hydrogens is 351 g/mol. The molecule has 1 aromatic heterocycles. The second-order valence-corrected chi connectivity index (χ2v) is 7.14. The number of fused-ring (bicyclic) bond motifs is 1. The normalized spacial score (nSPS) is 20.6. The molecule has 2 aliphatic rings. The number of hydrogen-bond acceptors (Lipinski definition) is 5. The molecule has 1 aliphatic heterocycles. The molecule has 25 heavy (non-hydrogen) atoms. The molecule has 1 aliphatic carbocycles. The van der Waals surface area contributed by atoms with Crippen LogP contribution in [0, 0.1) is 11.7 Å². The van der Waals surface area contributed by atoms with Crippen LogP contribution in [0.25, 0.3) is 10.9 Å². The monoisotopic (exact) mass is 368 g/mol. The number of aliphatic hydroxyl groups is 1. The summed E-state index contributed by atoms with van der Waals surface area (Å²) in [6, 6.07) is 1.03. The molecule has 2 heterocycles. The van der Waals surface area contributed by atoms with Gasteiger partial charge in [-0.3, -0.25) is 9.36 Å². The highest BCUT2D eigenvalue weighted by Gasteiger charge is 2.32. The minimum Gasteiger partial charge on any atom is -0.396 e. The fourth-order valence-corrected chi connectivity index (χ4v) is 3.97. The van der Waals surface area contributed by atoms with E-state index in [0.717, 1.165) is 25.3 Å². The highest BCUT2D eigenvalue weighted by atomic mass is 35.5. The zero-order valence-electron chi connectivity index (χ0n) is 13.4. The Bertz CT molecular complexity index is 982. The van der Waals surface area contributed by atoms with Gasteiger partial charge in [0.2, 0.25) is 0 Å². The molecule has 1 unspecified atom stereocenters. The standard InChI is InChI=1S/C16H18ClFN4O3/c17-12-13-10(15(24)22(19)16(25)21(13)9-1-2-9)5-11(18)14(12)20-4-3-8(6-20)7-23/h5,8-9,23H,1-4,6-7,19H2. The predicted molar refractivity (Wildman–Crippen MR) is 93.3 cm³/mol. The van der Waals surface area contributed by atoms with E-state index in [9.17, 15) is 19.1 Å². The first kappa shape index (κ1) is 16.4. The van der Waals surface area contributed by atoms with E-state index in [0.29, 0.717) is 17.8 Å². The van der Waals surface area contributed by atoms with Crippen molar-refractivity contribution in [2.24, 2.45) is 5.92 Å². The van der Waals surface area contributed by atoms with Crippen molar-refractivity contribution < 1.29 is 9.50 Å². The molecule has 7 nitrogen and oxygen atoms in total. The summed E-state index contributed by atoms with van der Waals surface area (Å²) in [5.41, 5.74) is -0.995. The molecule has 3 N–H and O–H groups in total. The van der Waals surface area contributed by atoms with E-state index in [1.54, 1.807) is 4.90 Å². The topological polar surface area (TPSA) is 93.5 Å². The molecular formula is C16H18ClFN4O3. The zero-order chi connectivity index (χ0) is 17.9. The van der Waals surface area contributed by atoms with Crippen molar-refractivity contribution >= 4 is 28.2 Å². The summed E-state index contributed by atoms with van der Waals surface area (Å²) >= 11 is 6.50. The summed E-state index contributed by atoms with van der Waals surface area (Å²) in [5, 5.41) is 9.36. The quantitative estimate of drug-likeness (QED) is 0.782. The van der Waals surface area contributed by atoms with Crippen LogP contribution in [0.2, 0.25) is 5.02 Å². The third-order valence-corrected chi connectivity index (χ3v) is 5.40. The fourth-order valence-electron chi connectivity index (χ4n) is 3.57. The predicted octanol–water partition coefficient (Wildman–Crippen LogP) is 0.823. The second-order valence-electron chi connectivity index (χ2n) is 6.76. The maximum Gasteiger partial charge on any atom is 0.350 e. The lowest BCUT2D eigenvalue weighted by molar-refractivity contribution is 0.238. The van der Waals surface area contributed by atoms with Gasteiger partial charge in [0.1, 0.15) is 5.82 Å². The van der Waals surface area contributed by atoms with Crippen LogP contribution in [0.15, 0.2) is 15.7 Å². The summed E-state index contributed by atoms with van der Waals surface area (Å²) in [5.74, 6) is 5.00.